The van der Waals surface area contributed by atoms with Crippen molar-refractivity contribution in [2.75, 3.05) is 17.7 Å². The van der Waals surface area contributed by atoms with Crippen LogP contribution in [0.2, 0.25) is 0 Å². The lowest BCUT2D eigenvalue weighted by Crippen LogP contribution is -2.19. The van der Waals surface area contributed by atoms with Crippen molar-refractivity contribution in [1.29, 1.82) is 0 Å². The first-order chi connectivity index (χ1) is 12.7. The third-order valence-corrected chi connectivity index (χ3v) is 5.53. The summed E-state index contributed by atoms with van der Waals surface area (Å²) in [6, 6.07) is 5.73. The van der Waals surface area contributed by atoms with Crippen LogP contribution in [-0.2, 0) is 16.1 Å². The molecular weight excluding hydrogens is 355 g/mol. The fourth-order valence-corrected chi connectivity index (χ4v) is 3.83. The van der Waals surface area contributed by atoms with E-state index in [0.717, 1.165) is 49.8 Å². The van der Waals surface area contributed by atoms with Crippen LogP contribution in [0.3, 0.4) is 0 Å². The van der Waals surface area contributed by atoms with Crippen molar-refractivity contribution < 1.29 is 13.9 Å². The van der Waals surface area contributed by atoms with Crippen molar-refractivity contribution >= 4 is 23.4 Å². The van der Waals surface area contributed by atoms with E-state index in [-0.39, 0.29) is 23.6 Å². The highest BCUT2D eigenvalue weighted by molar-refractivity contribution is 7.99. The minimum atomic E-state index is -0.327. The summed E-state index contributed by atoms with van der Waals surface area (Å²) >= 11 is 1.37. The number of rotatable bonds is 7. The zero-order valence-electron chi connectivity index (χ0n) is 14.4. The van der Waals surface area contributed by atoms with Crippen LogP contribution in [0.4, 0.5) is 10.1 Å². The monoisotopic (exact) mass is 376 g/mol. The minimum Gasteiger partial charge on any atom is -0.376 e. The zero-order chi connectivity index (χ0) is 17.9. The maximum Gasteiger partial charge on any atom is 0.234 e. The van der Waals surface area contributed by atoms with Crippen molar-refractivity contribution in [3.63, 3.8) is 0 Å². The molecule has 1 N–H and O–H groups in total. The number of hydrogen-bond acceptors (Lipinski definition) is 5. The molecule has 138 valence electrons. The Labute approximate surface area is 155 Å². The number of thioether (sulfide) groups is 1. The molecule has 2 fully saturated rings. The predicted octanol–water partition coefficient (Wildman–Crippen LogP) is 3.20. The highest BCUT2D eigenvalue weighted by Crippen LogP contribution is 2.40. The Hall–Kier alpha value is -1.93. The average molecular weight is 376 g/mol. The van der Waals surface area contributed by atoms with Gasteiger partial charge in [-0.3, -0.25) is 4.79 Å². The number of anilines is 1. The molecule has 2 aliphatic rings. The summed E-state index contributed by atoms with van der Waals surface area (Å²) in [6.07, 6.45) is 4.65. The largest absolute Gasteiger partial charge is 0.376 e. The van der Waals surface area contributed by atoms with Crippen molar-refractivity contribution in [2.24, 2.45) is 0 Å². The first kappa shape index (κ1) is 17.5. The van der Waals surface area contributed by atoms with Gasteiger partial charge in [0.1, 0.15) is 11.6 Å². The maximum absolute atomic E-state index is 12.9. The number of hydrogen-bond donors (Lipinski definition) is 1. The van der Waals surface area contributed by atoms with E-state index < -0.39 is 0 Å². The number of aromatic nitrogens is 3. The summed E-state index contributed by atoms with van der Waals surface area (Å²) in [4.78, 5) is 12.2. The van der Waals surface area contributed by atoms with Gasteiger partial charge in [-0.2, -0.15) is 0 Å². The van der Waals surface area contributed by atoms with Crippen LogP contribution >= 0.6 is 11.8 Å². The second-order valence-corrected chi connectivity index (χ2v) is 7.65. The number of carbonyl (C=O) groups is 1. The van der Waals surface area contributed by atoms with Gasteiger partial charge < -0.3 is 14.6 Å². The molecule has 2 aromatic rings. The number of halogens is 1. The van der Waals surface area contributed by atoms with E-state index in [9.17, 15) is 9.18 Å². The number of nitrogens with one attached hydrogen (secondary N) is 1. The molecule has 1 aromatic heterocycles. The molecule has 8 heteroatoms. The second kappa shape index (κ2) is 7.75. The number of amides is 1. The summed E-state index contributed by atoms with van der Waals surface area (Å²) in [7, 11) is 0. The molecule has 1 aromatic carbocycles. The van der Waals surface area contributed by atoms with E-state index in [4.69, 9.17) is 4.74 Å². The highest BCUT2D eigenvalue weighted by atomic mass is 32.2. The van der Waals surface area contributed by atoms with Crippen LogP contribution in [0, 0.1) is 5.82 Å². The molecule has 26 heavy (non-hydrogen) atoms. The summed E-state index contributed by atoms with van der Waals surface area (Å²) < 4.78 is 20.8. The Morgan fingerprint density at radius 1 is 1.27 bits per heavy atom. The third-order valence-electron chi connectivity index (χ3n) is 4.56. The fourth-order valence-electron chi connectivity index (χ4n) is 3.07. The van der Waals surface area contributed by atoms with E-state index in [1.54, 1.807) is 12.1 Å². The Morgan fingerprint density at radius 3 is 2.77 bits per heavy atom. The lowest BCUT2D eigenvalue weighted by Gasteiger charge is -2.14. The number of nitrogens with zero attached hydrogens (tertiary/aromatic N) is 3. The predicted molar refractivity (Wildman–Crippen MR) is 96.7 cm³/mol. The normalized spacial score (nSPS) is 19.7. The van der Waals surface area contributed by atoms with Crippen molar-refractivity contribution in [3.8, 4) is 0 Å². The molecule has 1 amide bonds. The Kier molecular flexibility index (Phi) is 5.21. The van der Waals surface area contributed by atoms with Crippen LogP contribution in [0.1, 0.15) is 37.4 Å². The van der Waals surface area contributed by atoms with Crippen LogP contribution in [0.15, 0.2) is 29.4 Å². The van der Waals surface area contributed by atoms with Gasteiger partial charge in [-0.15, -0.1) is 10.2 Å². The van der Waals surface area contributed by atoms with Crippen molar-refractivity contribution in [1.82, 2.24) is 14.8 Å². The number of carbonyl (C=O) groups excluding carboxylic acids is 1. The Bertz CT molecular complexity index is 770. The highest BCUT2D eigenvalue weighted by Gasteiger charge is 2.31. The quantitative estimate of drug-likeness (QED) is 0.752. The number of ether oxygens (including phenoxy) is 1. The van der Waals surface area contributed by atoms with Gasteiger partial charge in [0, 0.05) is 18.2 Å². The van der Waals surface area contributed by atoms with Crippen LogP contribution < -0.4 is 5.32 Å². The SMILES string of the molecule is O=C(CSc1nnc(C2CC2)n1CC1CCCO1)Nc1ccc(F)cc1. The van der Waals surface area contributed by atoms with Gasteiger partial charge in [0.25, 0.3) is 0 Å². The molecule has 1 saturated heterocycles. The molecule has 1 atom stereocenters. The van der Waals surface area contributed by atoms with E-state index in [1.165, 1.54) is 23.9 Å². The van der Waals surface area contributed by atoms with E-state index in [0.29, 0.717) is 11.6 Å². The molecule has 1 aliphatic heterocycles. The molecule has 1 unspecified atom stereocenters. The second-order valence-electron chi connectivity index (χ2n) is 6.70. The standard InChI is InChI=1S/C18H21FN4O2S/c19-13-5-7-14(8-6-13)20-16(24)11-26-18-22-21-17(12-3-4-12)23(18)10-15-2-1-9-25-15/h5-8,12,15H,1-4,9-11H2,(H,20,24). The lowest BCUT2D eigenvalue weighted by molar-refractivity contribution is -0.113. The number of benzene rings is 1. The summed E-state index contributed by atoms with van der Waals surface area (Å²) in [5.74, 6) is 1.26. The zero-order valence-corrected chi connectivity index (χ0v) is 15.2. The van der Waals surface area contributed by atoms with Gasteiger partial charge in [0.05, 0.1) is 18.4 Å². The summed E-state index contributed by atoms with van der Waals surface area (Å²) in [5, 5.41) is 12.2. The van der Waals surface area contributed by atoms with E-state index >= 15 is 0 Å². The van der Waals surface area contributed by atoms with Crippen LogP contribution in [0.5, 0.6) is 0 Å². The Balaban J connectivity index is 1.39. The first-order valence-corrected chi connectivity index (χ1v) is 9.90. The molecule has 1 saturated carbocycles. The molecule has 2 heterocycles. The van der Waals surface area contributed by atoms with E-state index in [1.807, 2.05) is 0 Å². The molecule has 0 spiro atoms. The Morgan fingerprint density at radius 2 is 2.08 bits per heavy atom. The van der Waals surface area contributed by atoms with Crippen LogP contribution in [-0.4, -0.2) is 39.1 Å². The van der Waals surface area contributed by atoms with Crippen molar-refractivity contribution in [2.45, 2.75) is 49.4 Å². The maximum atomic E-state index is 12.9. The van der Waals surface area contributed by atoms with Gasteiger partial charge >= 0.3 is 0 Å². The lowest BCUT2D eigenvalue weighted by atomic mass is 10.2. The topological polar surface area (TPSA) is 69.0 Å². The smallest absolute Gasteiger partial charge is 0.234 e. The minimum absolute atomic E-state index is 0.152. The van der Waals surface area contributed by atoms with Gasteiger partial charge in [-0.1, -0.05) is 11.8 Å². The van der Waals surface area contributed by atoms with Gasteiger partial charge in [-0.05, 0) is 49.9 Å². The molecule has 0 radical (unpaired) electrons. The third kappa shape index (κ3) is 4.24. The summed E-state index contributed by atoms with van der Waals surface area (Å²) in [5.41, 5.74) is 0.580. The molecule has 4 rings (SSSR count). The van der Waals surface area contributed by atoms with Crippen molar-refractivity contribution in [3.05, 3.63) is 35.9 Å². The van der Waals surface area contributed by atoms with E-state index in [2.05, 4.69) is 20.1 Å². The van der Waals surface area contributed by atoms with Gasteiger partial charge in [-0.25, -0.2) is 4.39 Å². The van der Waals surface area contributed by atoms with Gasteiger partial charge in [0.15, 0.2) is 5.16 Å². The van der Waals surface area contributed by atoms with Gasteiger partial charge in [0.2, 0.25) is 5.91 Å². The average Bonchev–Trinajstić information content (AvgIpc) is 3.20. The summed E-state index contributed by atoms with van der Waals surface area (Å²) in [6.45, 7) is 1.56. The van der Waals surface area contributed by atoms with Crippen LogP contribution in [0.25, 0.3) is 0 Å². The molecule has 1 aliphatic carbocycles. The fraction of sp³-hybridized carbons (Fsp3) is 0.500. The molecule has 0 bridgehead atoms. The molecule has 6 nitrogen and oxygen atoms in total. The molecular formula is C18H21FN4O2S. The first-order valence-electron chi connectivity index (χ1n) is 8.92.